The topological polar surface area (TPSA) is 101 Å². The van der Waals surface area contributed by atoms with E-state index in [9.17, 15) is 22.8 Å². The number of nitrogens with one attached hydrogen (secondary N) is 1. The number of aromatic nitrogens is 1. The Morgan fingerprint density at radius 3 is 2.58 bits per heavy atom. The summed E-state index contributed by atoms with van der Waals surface area (Å²) in [5, 5.41) is 2.93. The van der Waals surface area contributed by atoms with E-state index in [1.807, 2.05) is 0 Å². The number of likely N-dealkylation sites (tertiary alicyclic amines) is 1. The molecule has 3 amide bonds. The number of hydrogen-bond donors (Lipinski definition) is 2. The minimum absolute atomic E-state index is 0.188. The standard InChI is InChI=1S/C20H26F3N5O2S/c1-6-25-14(19(4,5)20(21,22)23)10-11(2)15-12(3)26-17(31-15)27-18(30)28-9-7-8-13(28)16(24)29/h6,10,13H,1,7-9H2,2-5H3,(H2,24,29)(H,26,27,30)/b11-10+,25-14?/t13-/m0/s1. The van der Waals surface area contributed by atoms with Gasteiger partial charge in [0.1, 0.15) is 11.5 Å². The molecule has 1 aliphatic heterocycles. The zero-order valence-corrected chi connectivity index (χ0v) is 18.7. The van der Waals surface area contributed by atoms with E-state index in [4.69, 9.17) is 5.73 Å². The number of aryl methyl sites for hydroxylation is 1. The Labute approximate surface area is 182 Å². The van der Waals surface area contributed by atoms with Crippen LogP contribution in [-0.4, -0.2) is 46.3 Å². The molecule has 2 heterocycles. The van der Waals surface area contributed by atoms with Gasteiger partial charge in [0.05, 0.1) is 16.3 Å². The average molecular weight is 458 g/mol. The molecule has 170 valence electrons. The highest BCUT2D eigenvalue weighted by Crippen LogP contribution is 2.40. The Morgan fingerprint density at radius 1 is 1.39 bits per heavy atom. The lowest BCUT2D eigenvalue weighted by Gasteiger charge is -2.28. The molecule has 7 nitrogen and oxygen atoms in total. The van der Waals surface area contributed by atoms with Crippen LogP contribution >= 0.6 is 11.3 Å². The number of primary amides is 1. The van der Waals surface area contributed by atoms with Crippen molar-refractivity contribution in [2.45, 2.75) is 52.8 Å². The molecule has 0 aliphatic carbocycles. The molecule has 0 spiro atoms. The first-order valence-corrected chi connectivity index (χ1v) is 10.4. The number of nitrogens with two attached hydrogens (primary N) is 1. The Morgan fingerprint density at radius 2 is 2.03 bits per heavy atom. The lowest BCUT2D eigenvalue weighted by atomic mass is 9.85. The van der Waals surface area contributed by atoms with Crippen LogP contribution in [0.2, 0.25) is 0 Å². The molecule has 1 aromatic heterocycles. The molecule has 0 radical (unpaired) electrons. The zero-order valence-electron chi connectivity index (χ0n) is 17.8. The van der Waals surface area contributed by atoms with Gasteiger partial charge >= 0.3 is 12.2 Å². The smallest absolute Gasteiger partial charge is 0.368 e. The molecule has 1 aromatic rings. The van der Waals surface area contributed by atoms with Crippen LogP contribution in [0.4, 0.5) is 23.1 Å². The number of carbonyl (C=O) groups excluding carboxylic acids is 2. The van der Waals surface area contributed by atoms with Crippen LogP contribution in [0.1, 0.15) is 44.2 Å². The molecule has 0 aromatic carbocycles. The number of halogens is 3. The molecule has 3 N–H and O–H groups in total. The number of rotatable bonds is 6. The van der Waals surface area contributed by atoms with E-state index in [2.05, 4.69) is 21.9 Å². The number of allylic oxidation sites excluding steroid dienone is 2. The molecular weight excluding hydrogens is 431 g/mol. The van der Waals surface area contributed by atoms with E-state index in [0.29, 0.717) is 35.5 Å². The van der Waals surface area contributed by atoms with Crippen molar-refractivity contribution in [1.29, 1.82) is 0 Å². The fourth-order valence-corrected chi connectivity index (χ4v) is 4.11. The summed E-state index contributed by atoms with van der Waals surface area (Å²) >= 11 is 1.13. The first-order valence-electron chi connectivity index (χ1n) is 9.58. The van der Waals surface area contributed by atoms with E-state index >= 15 is 0 Å². The monoisotopic (exact) mass is 457 g/mol. The van der Waals surface area contributed by atoms with Gasteiger partial charge in [0.15, 0.2) is 5.13 Å². The molecule has 0 unspecified atom stereocenters. The van der Waals surface area contributed by atoms with Gasteiger partial charge in [0.2, 0.25) is 5.91 Å². The minimum Gasteiger partial charge on any atom is -0.368 e. The number of alkyl halides is 3. The number of thiazole rings is 1. The van der Waals surface area contributed by atoms with Crippen molar-refractivity contribution in [3.05, 3.63) is 29.4 Å². The molecule has 1 atom stereocenters. The van der Waals surface area contributed by atoms with Gasteiger partial charge in [0, 0.05) is 12.7 Å². The van der Waals surface area contributed by atoms with Gasteiger partial charge in [0.25, 0.3) is 0 Å². The quantitative estimate of drug-likeness (QED) is 0.615. The van der Waals surface area contributed by atoms with Crippen molar-refractivity contribution in [2.24, 2.45) is 16.1 Å². The summed E-state index contributed by atoms with van der Waals surface area (Å²) in [5.74, 6) is -0.566. The second-order valence-corrected chi connectivity index (χ2v) is 8.76. The Balaban J connectivity index is 2.28. The predicted octanol–water partition coefficient (Wildman–Crippen LogP) is 4.51. The summed E-state index contributed by atoms with van der Waals surface area (Å²) in [6.07, 6.45) is -0.896. The number of anilines is 1. The maximum atomic E-state index is 13.5. The number of hydrogen-bond acceptors (Lipinski definition) is 5. The molecule has 0 bridgehead atoms. The highest BCUT2D eigenvalue weighted by Gasteiger charge is 2.50. The van der Waals surface area contributed by atoms with Crippen molar-refractivity contribution < 1.29 is 22.8 Å². The Kier molecular flexibility index (Phi) is 7.30. The Hall–Kier alpha value is -2.69. The van der Waals surface area contributed by atoms with Crippen LogP contribution in [0, 0.1) is 12.3 Å². The van der Waals surface area contributed by atoms with Crippen molar-refractivity contribution in [3.63, 3.8) is 0 Å². The van der Waals surface area contributed by atoms with Crippen LogP contribution in [0.3, 0.4) is 0 Å². The average Bonchev–Trinajstić information content (AvgIpc) is 3.27. The van der Waals surface area contributed by atoms with E-state index in [1.165, 1.54) is 11.0 Å². The minimum atomic E-state index is -4.50. The second-order valence-electron chi connectivity index (χ2n) is 7.76. The van der Waals surface area contributed by atoms with Gasteiger partial charge in [-0.3, -0.25) is 15.1 Å². The number of aliphatic imine (C=N–C) groups is 1. The molecule has 1 aliphatic rings. The van der Waals surface area contributed by atoms with Gasteiger partial charge in [-0.15, -0.1) is 0 Å². The van der Waals surface area contributed by atoms with Gasteiger partial charge in [-0.25, -0.2) is 9.78 Å². The molecule has 31 heavy (non-hydrogen) atoms. The summed E-state index contributed by atoms with van der Waals surface area (Å²) in [6.45, 7) is 9.26. The number of carbonyl (C=O) groups is 2. The van der Waals surface area contributed by atoms with Crippen LogP contribution in [0.15, 0.2) is 23.8 Å². The summed E-state index contributed by atoms with van der Waals surface area (Å²) in [5.41, 5.74) is 4.04. The van der Waals surface area contributed by atoms with Crippen LogP contribution in [-0.2, 0) is 4.79 Å². The van der Waals surface area contributed by atoms with Gasteiger partial charge in [-0.1, -0.05) is 17.9 Å². The maximum Gasteiger partial charge on any atom is 0.399 e. The molecule has 2 rings (SSSR count). The lowest BCUT2D eigenvalue weighted by molar-refractivity contribution is -0.185. The van der Waals surface area contributed by atoms with Crippen LogP contribution < -0.4 is 11.1 Å². The number of urea groups is 1. The molecule has 0 saturated carbocycles. The highest BCUT2D eigenvalue weighted by molar-refractivity contribution is 7.17. The third-order valence-electron chi connectivity index (χ3n) is 5.14. The molecule has 11 heteroatoms. The van der Waals surface area contributed by atoms with Crippen molar-refractivity contribution >= 4 is 39.7 Å². The van der Waals surface area contributed by atoms with E-state index in [1.54, 1.807) is 13.8 Å². The summed E-state index contributed by atoms with van der Waals surface area (Å²) in [7, 11) is 0. The lowest BCUT2D eigenvalue weighted by Crippen LogP contribution is -2.45. The fraction of sp³-hybridized carbons (Fsp3) is 0.500. The summed E-state index contributed by atoms with van der Waals surface area (Å²) in [6, 6.07) is -1.15. The van der Waals surface area contributed by atoms with Crippen molar-refractivity contribution in [3.8, 4) is 0 Å². The summed E-state index contributed by atoms with van der Waals surface area (Å²) < 4.78 is 40.5. The second kappa shape index (κ2) is 9.21. The largest absolute Gasteiger partial charge is 0.399 e. The molecular formula is C20H26F3N5O2S. The van der Waals surface area contributed by atoms with Crippen molar-refractivity contribution in [2.75, 3.05) is 11.9 Å². The van der Waals surface area contributed by atoms with Crippen molar-refractivity contribution in [1.82, 2.24) is 9.88 Å². The summed E-state index contributed by atoms with van der Waals surface area (Å²) in [4.78, 5) is 34.1. The number of amides is 3. The van der Waals surface area contributed by atoms with Crippen LogP contribution in [0.5, 0.6) is 0 Å². The SMILES string of the molecule is C=CN=C(/C=C(\C)c1sc(NC(=O)N2CCC[C@H]2C(N)=O)nc1C)C(C)(C)C(F)(F)F. The maximum absolute atomic E-state index is 13.5. The first-order chi connectivity index (χ1) is 14.3. The van der Waals surface area contributed by atoms with E-state index in [0.717, 1.165) is 31.4 Å². The first kappa shape index (κ1) is 24.6. The highest BCUT2D eigenvalue weighted by atomic mass is 32.1. The van der Waals surface area contributed by atoms with Gasteiger partial charge < -0.3 is 10.6 Å². The fourth-order valence-electron chi connectivity index (χ4n) is 3.18. The predicted molar refractivity (Wildman–Crippen MR) is 116 cm³/mol. The molecule has 1 saturated heterocycles. The van der Waals surface area contributed by atoms with Crippen LogP contribution in [0.25, 0.3) is 5.57 Å². The molecule has 1 fully saturated rings. The zero-order chi connectivity index (χ0) is 23.6. The van der Waals surface area contributed by atoms with E-state index in [-0.39, 0.29) is 10.8 Å². The third kappa shape index (κ3) is 5.33. The third-order valence-corrected chi connectivity index (χ3v) is 6.35. The van der Waals surface area contributed by atoms with Gasteiger partial charge in [-0.05, 0) is 52.2 Å². The van der Waals surface area contributed by atoms with Gasteiger partial charge in [-0.2, -0.15) is 13.2 Å². The Bertz CT molecular complexity index is 934. The van der Waals surface area contributed by atoms with E-state index < -0.39 is 29.6 Å². The number of nitrogens with zero attached hydrogens (tertiary/aromatic N) is 3. The normalized spacial score (nSPS) is 18.3.